The highest BCUT2D eigenvalue weighted by Gasteiger charge is 2.37. The normalized spacial score (nSPS) is 15.7. The predicted octanol–water partition coefficient (Wildman–Crippen LogP) is 4.33. The fourth-order valence-electron chi connectivity index (χ4n) is 2.58. The summed E-state index contributed by atoms with van der Waals surface area (Å²) < 4.78 is 38.4. The number of benzene rings is 1. The summed E-state index contributed by atoms with van der Waals surface area (Å²) >= 11 is 6.01. The smallest absolute Gasteiger partial charge is 0.383 e. The van der Waals surface area contributed by atoms with Crippen LogP contribution in [0.5, 0.6) is 0 Å². The third-order valence-corrected chi connectivity index (χ3v) is 3.89. The number of carbonyl (C=O) groups is 1. The third kappa shape index (κ3) is 3.07. The lowest BCUT2D eigenvalue weighted by molar-refractivity contribution is -0.137. The van der Waals surface area contributed by atoms with E-state index in [9.17, 15) is 18.0 Å². The van der Waals surface area contributed by atoms with E-state index in [4.69, 9.17) is 11.6 Å². The summed E-state index contributed by atoms with van der Waals surface area (Å²) in [5.74, 6) is -0.432. The highest BCUT2D eigenvalue weighted by atomic mass is 35.5. The number of halogens is 4. The highest BCUT2D eigenvalue weighted by Crippen LogP contribution is 2.43. The Balaban J connectivity index is 2.14. The van der Waals surface area contributed by atoms with E-state index >= 15 is 0 Å². The molecule has 1 aromatic heterocycles. The largest absolute Gasteiger partial charge is 0.417 e. The zero-order chi connectivity index (χ0) is 18.4. The summed E-state index contributed by atoms with van der Waals surface area (Å²) in [5.41, 5.74) is 0.636. The van der Waals surface area contributed by atoms with Crippen LogP contribution >= 0.6 is 11.6 Å². The minimum absolute atomic E-state index is 0.0331. The van der Waals surface area contributed by atoms with Crippen molar-refractivity contribution in [2.24, 2.45) is 0 Å². The van der Waals surface area contributed by atoms with Crippen LogP contribution < -0.4 is 4.90 Å². The zero-order valence-electron chi connectivity index (χ0n) is 13.3. The molecule has 25 heavy (non-hydrogen) atoms. The molecule has 0 spiro atoms. The summed E-state index contributed by atoms with van der Waals surface area (Å²) in [7, 11) is 3.55. The Morgan fingerprint density at radius 2 is 1.92 bits per heavy atom. The number of carbonyl (C=O) groups excluding carboxylic acids is 1. The summed E-state index contributed by atoms with van der Waals surface area (Å²) in [6.45, 7) is 0. The van der Waals surface area contributed by atoms with Gasteiger partial charge in [-0.2, -0.15) is 13.2 Å². The molecular weight excluding hydrogens is 355 g/mol. The number of hydrogen-bond acceptors (Lipinski definition) is 3. The Hall–Kier alpha value is -2.54. The number of para-hydroxylation sites is 1. The van der Waals surface area contributed by atoms with E-state index in [2.05, 4.69) is 4.98 Å². The molecule has 0 aliphatic carbocycles. The van der Waals surface area contributed by atoms with Crippen molar-refractivity contribution in [2.75, 3.05) is 19.0 Å². The second kappa shape index (κ2) is 6.07. The zero-order valence-corrected chi connectivity index (χ0v) is 14.1. The van der Waals surface area contributed by atoms with Gasteiger partial charge in [0.25, 0.3) is 5.91 Å². The first-order chi connectivity index (χ1) is 11.7. The Kier molecular flexibility index (Phi) is 4.20. The molecule has 2 aromatic rings. The minimum atomic E-state index is -4.56. The van der Waals surface area contributed by atoms with Gasteiger partial charge in [-0.25, -0.2) is 4.98 Å². The number of anilines is 2. The van der Waals surface area contributed by atoms with Crippen molar-refractivity contribution in [3.8, 4) is 0 Å². The molecule has 0 fully saturated rings. The van der Waals surface area contributed by atoms with Crippen LogP contribution in [0.15, 0.2) is 42.7 Å². The van der Waals surface area contributed by atoms with Gasteiger partial charge in [0.05, 0.1) is 21.8 Å². The van der Waals surface area contributed by atoms with Crippen molar-refractivity contribution < 1.29 is 18.0 Å². The fourth-order valence-corrected chi connectivity index (χ4v) is 2.84. The highest BCUT2D eigenvalue weighted by molar-refractivity contribution is 6.38. The first-order valence-corrected chi connectivity index (χ1v) is 7.63. The molecule has 8 heteroatoms. The van der Waals surface area contributed by atoms with Crippen molar-refractivity contribution in [3.05, 3.63) is 58.9 Å². The molecule has 0 saturated heterocycles. The molecule has 1 aromatic carbocycles. The maximum atomic E-state index is 12.8. The monoisotopic (exact) mass is 367 g/mol. The molecule has 2 heterocycles. The lowest BCUT2D eigenvalue weighted by Crippen LogP contribution is -2.23. The van der Waals surface area contributed by atoms with Gasteiger partial charge in [-0.15, -0.1) is 0 Å². The van der Waals surface area contributed by atoms with Crippen molar-refractivity contribution in [2.45, 2.75) is 6.18 Å². The summed E-state index contributed by atoms with van der Waals surface area (Å²) in [4.78, 5) is 19.6. The number of hydrogen-bond donors (Lipinski definition) is 0. The van der Waals surface area contributed by atoms with E-state index in [0.29, 0.717) is 23.0 Å². The number of nitrogens with zero attached hydrogens (tertiary/aromatic N) is 3. The molecule has 1 aliphatic heterocycles. The van der Waals surface area contributed by atoms with E-state index in [1.807, 2.05) is 0 Å². The number of fused-ring (bicyclic) bond motifs is 1. The summed E-state index contributed by atoms with van der Waals surface area (Å²) in [5, 5.41) is -0.246. The van der Waals surface area contributed by atoms with Crippen LogP contribution in [0.3, 0.4) is 0 Å². The minimum Gasteiger partial charge on any atom is -0.383 e. The molecule has 0 bridgehead atoms. The lowest BCUT2D eigenvalue weighted by Gasteiger charge is -2.18. The van der Waals surface area contributed by atoms with E-state index < -0.39 is 17.6 Å². The molecule has 3 rings (SSSR count). The quantitative estimate of drug-likeness (QED) is 0.741. The van der Waals surface area contributed by atoms with Gasteiger partial charge in [0.1, 0.15) is 0 Å². The molecule has 1 aliphatic rings. The molecule has 130 valence electrons. The van der Waals surface area contributed by atoms with Crippen LogP contribution in [0.4, 0.5) is 24.7 Å². The molecule has 0 unspecified atom stereocenters. The van der Waals surface area contributed by atoms with Gasteiger partial charge in [0.15, 0.2) is 5.82 Å². The number of rotatable bonds is 2. The average Bonchev–Trinajstić information content (AvgIpc) is 2.79. The van der Waals surface area contributed by atoms with Crippen LogP contribution in [0.2, 0.25) is 5.02 Å². The number of aromatic nitrogens is 1. The Bertz CT molecular complexity index is 878. The summed E-state index contributed by atoms with van der Waals surface area (Å²) in [6.07, 6.45) is -2.23. The van der Waals surface area contributed by atoms with E-state index in [-0.39, 0.29) is 10.8 Å². The SMILES string of the molecule is CN(C)C=C1C(=O)N(c2ncc(C(F)(F)F)cc2Cl)c2ccccc21. The Labute approximate surface area is 147 Å². The van der Waals surface area contributed by atoms with E-state index in [1.165, 1.54) is 4.90 Å². The standard InChI is InChI=1S/C17H13ClF3N3O/c1-23(2)9-12-11-5-3-4-6-14(11)24(16(12)25)15-13(18)7-10(8-22-15)17(19,20)21/h3-9H,1-2H3. The van der Waals surface area contributed by atoms with Crippen LogP contribution in [0, 0.1) is 0 Å². The molecular formula is C17H13ClF3N3O. The van der Waals surface area contributed by atoms with E-state index in [0.717, 1.165) is 6.07 Å². The third-order valence-electron chi connectivity index (χ3n) is 3.62. The first-order valence-electron chi connectivity index (χ1n) is 7.25. The second-order valence-electron chi connectivity index (χ2n) is 5.69. The van der Waals surface area contributed by atoms with Crippen LogP contribution in [-0.2, 0) is 11.0 Å². The van der Waals surface area contributed by atoms with Gasteiger partial charge in [-0.1, -0.05) is 29.8 Å². The Morgan fingerprint density at radius 1 is 1.24 bits per heavy atom. The number of alkyl halides is 3. The molecule has 0 radical (unpaired) electrons. The fraction of sp³-hybridized carbons (Fsp3) is 0.176. The number of pyridine rings is 1. The van der Waals surface area contributed by atoms with Crippen molar-refractivity contribution >= 4 is 34.6 Å². The van der Waals surface area contributed by atoms with Gasteiger partial charge in [0, 0.05) is 32.1 Å². The number of amides is 1. The van der Waals surface area contributed by atoms with Gasteiger partial charge < -0.3 is 4.90 Å². The molecule has 0 atom stereocenters. The van der Waals surface area contributed by atoms with Gasteiger partial charge in [-0.05, 0) is 12.1 Å². The predicted molar refractivity (Wildman–Crippen MR) is 89.5 cm³/mol. The summed E-state index contributed by atoms with van der Waals surface area (Å²) in [6, 6.07) is 7.74. The average molecular weight is 368 g/mol. The van der Waals surface area contributed by atoms with Gasteiger partial charge >= 0.3 is 6.18 Å². The Morgan fingerprint density at radius 3 is 2.52 bits per heavy atom. The van der Waals surface area contributed by atoms with Crippen LogP contribution in [0.25, 0.3) is 5.57 Å². The van der Waals surface area contributed by atoms with Crippen molar-refractivity contribution in [1.82, 2.24) is 9.88 Å². The maximum Gasteiger partial charge on any atom is 0.417 e. The van der Waals surface area contributed by atoms with E-state index in [1.54, 1.807) is 49.5 Å². The second-order valence-corrected chi connectivity index (χ2v) is 6.10. The van der Waals surface area contributed by atoms with Crippen molar-refractivity contribution in [1.29, 1.82) is 0 Å². The molecule has 4 nitrogen and oxygen atoms in total. The van der Waals surface area contributed by atoms with Gasteiger partial charge in [0.2, 0.25) is 0 Å². The lowest BCUT2D eigenvalue weighted by atomic mass is 10.1. The maximum absolute atomic E-state index is 12.8. The molecule has 0 N–H and O–H groups in total. The van der Waals surface area contributed by atoms with Crippen LogP contribution in [0.1, 0.15) is 11.1 Å². The topological polar surface area (TPSA) is 36.4 Å². The molecule has 1 amide bonds. The van der Waals surface area contributed by atoms with Crippen molar-refractivity contribution in [3.63, 3.8) is 0 Å². The molecule has 0 saturated carbocycles. The van der Waals surface area contributed by atoms with Crippen LogP contribution in [-0.4, -0.2) is 29.9 Å². The first kappa shape index (κ1) is 17.3. The van der Waals surface area contributed by atoms with Gasteiger partial charge in [-0.3, -0.25) is 9.69 Å².